The lowest BCUT2D eigenvalue weighted by Crippen LogP contribution is -2.13. The van der Waals surface area contributed by atoms with Crippen LogP contribution in [0.25, 0.3) is 10.2 Å². The van der Waals surface area contributed by atoms with E-state index in [1.165, 1.54) is 11.3 Å². The number of methoxy groups -OCH3 is 1. The lowest BCUT2D eigenvalue weighted by atomic mass is 10.3. The number of carbonyl (C=O) groups is 1. The molecule has 1 aromatic carbocycles. The summed E-state index contributed by atoms with van der Waals surface area (Å²) < 4.78 is 7.85. The third-order valence-corrected chi connectivity index (χ3v) is 3.99. The second kappa shape index (κ2) is 5.17. The topological polar surface area (TPSA) is 69.0 Å². The van der Waals surface area contributed by atoms with Gasteiger partial charge in [-0.3, -0.25) is 14.8 Å². The van der Waals surface area contributed by atoms with Gasteiger partial charge < -0.3 is 4.74 Å². The van der Waals surface area contributed by atoms with Gasteiger partial charge in [-0.1, -0.05) is 17.4 Å². The molecular formula is C14H14N4O2S. The largest absolute Gasteiger partial charge is 0.494 e. The van der Waals surface area contributed by atoms with Crippen molar-refractivity contribution >= 4 is 32.6 Å². The quantitative estimate of drug-likeness (QED) is 0.807. The van der Waals surface area contributed by atoms with Gasteiger partial charge in [0.15, 0.2) is 10.8 Å². The number of rotatable bonds is 3. The molecule has 0 unspecified atom stereocenters. The van der Waals surface area contributed by atoms with Crippen LogP contribution in [0.1, 0.15) is 16.1 Å². The summed E-state index contributed by atoms with van der Waals surface area (Å²) in [7, 11) is 3.38. The average Bonchev–Trinajstić information content (AvgIpc) is 3.00. The standard InChI is InChI=1S/C14H14N4O2S/c1-8-7-18(2)17-11(8)13(19)16-14-15-12-9(20-3)5-4-6-10(12)21-14/h4-7H,1-3H3,(H,15,16,19). The first-order valence-electron chi connectivity index (χ1n) is 6.33. The number of para-hydroxylation sites is 1. The molecule has 6 nitrogen and oxygen atoms in total. The number of ether oxygens (including phenoxy) is 1. The fourth-order valence-corrected chi connectivity index (χ4v) is 3.01. The predicted molar refractivity (Wildman–Crippen MR) is 82.1 cm³/mol. The molecule has 2 heterocycles. The summed E-state index contributed by atoms with van der Waals surface area (Å²) in [4.78, 5) is 16.6. The zero-order chi connectivity index (χ0) is 15.0. The summed E-state index contributed by atoms with van der Waals surface area (Å²) in [5, 5.41) is 7.47. The molecule has 0 radical (unpaired) electrons. The highest BCUT2D eigenvalue weighted by Gasteiger charge is 2.16. The fraction of sp³-hybridized carbons (Fsp3) is 0.214. The van der Waals surface area contributed by atoms with Crippen molar-refractivity contribution in [3.05, 3.63) is 35.7 Å². The molecular weight excluding hydrogens is 288 g/mol. The summed E-state index contributed by atoms with van der Waals surface area (Å²) in [6.07, 6.45) is 1.80. The normalized spacial score (nSPS) is 10.8. The van der Waals surface area contributed by atoms with E-state index in [2.05, 4.69) is 15.4 Å². The maximum absolute atomic E-state index is 12.2. The smallest absolute Gasteiger partial charge is 0.278 e. The second-order valence-corrected chi connectivity index (χ2v) is 5.65. The first-order chi connectivity index (χ1) is 10.1. The number of hydrogen-bond acceptors (Lipinski definition) is 5. The Bertz CT molecular complexity index is 822. The maximum atomic E-state index is 12.2. The molecule has 1 amide bonds. The van der Waals surface area contributed by atoms with Gasteiger partial charge in [-0.2, -0.15) is 5.10 Å². The molecule has 3 rings (SSSR count). The number of hydrogen-bond donors (Lipinski definition) is 1. The molecule has 0 aliphatic carbocycles. The van der Waals surface area contributed by atoms with Crippen molar-refractivity contribution in [1.29, 1.82) is 0 Å². The Labute approximate surface area is 125 Å². The molecule has 0 spiro atoms. The number of nitrogens with one attached hydrogen (secondary N) is 1. The van der Waals surface area contributed by atoms with Crippen molar-refractivity contribution in [2.75, 3.05) is 12.4 Å². The van der Waals surface area contributed by atoms with E-state index in [0.717, 1.165) is 15.8 Å². The Kier molecular flexibility index (Phi) is 3.34. The Hall–Kier alpha value is -2.41. The number of fused-ring (bicyclic) bond motifs is 1. The lowest BCUT2D eigenvalue weighted by molar-refractivity contribution is 0.102. The molecule has 0 saturated carbocycles. The molecule has 0 fully saturated rings. The average molecular weight is 302 g/mol. The maximum Gasteiger partial charge on any atom is 0.278 e. The third kappa shape index (κ3) is 2.47. The van der Waals surface area contributed by atoms with Crippen LogP contribution in [0.3, 0.4) is 0 Å². The van der Waals surface area contributed by atoms with Crippen LogP contribution in [0.15, 0.2) is 24.4 Å². The minimum Gasteiger partial charge on any atom is -0.494 e. The van der Waals surface area contributed by atoms with Crippen LogP contribution in [0.4, 0.5) is 5.13 Å². The summed E-state index contributed by atoms with van der Waals surface area (Å²) >= 11 is 1.40. The fourth-order valence-electron chi connectivity index (χ4n) is 2.13. The molecule has 7 heteroatoms. The van der Waals surface area contributed by atoms with Gasteiger partial charge in [0.05, 0.1) is 11.8 Å². The Morgan fingerprint density at radius 2 is 2.24 bits per heavy atom. The lowest BCUT2D eigenvalue weighted by Gasteiger charge is -1.99. The van der Waals surface area contributed by atoms with Gasteiger partial charge in [-0.25, -0.2) is 4.98 Å². The van der Waals surface area contributed by atoms with Crippen LogP contribution in [0, 0.1) is 6.92 Å². The molecule has 0 aliphatic heterocycles. The minimum absolute atomic E-state index is 0.258. The summed E-state index contributed by atoms with van der Waals surface area (Å²) in [5.41, 5.74) is 1.98. The number of thiazole rings is 1. The number of amides is 1. The van der Waals surface area contributed by atoms with Crippen LogP contribution in [-0.4, -0.2) is 27.8 Å². The molecule has 108 valence electrons. The molecule has 2 aromatic heterocycles. The highest BCUT2D eigenvalue weighted by atomic mass is 32.1. The van der Waals surface area contributed by atoms with Crippen LogP contribution in [-0.2, 0) is 7.05 Å². The number of nitrogens with zero attached hydrogens (tertiary/aromatic N) is 3. The Morgan fingerprint density at radius 1 is 1.43 bits per heavy atom. The monoisotopic (exact) mass is 302 g/mol. The van der Waals surface area contributed by atoms with Crippen molar-refractivity contribution < 1.29 is 9.53 Å². The molecule has 0 saturated heterocycles. The molecule has 1 N–H and O–H groups in total. The van der Waals surface area contributed by atoms with E-state index in [4.69, 9.17) is 4.74 Å². The van der Waals surface area contributed by atoms with E-state index in [-0.39, 0.29) is 5.91 Å². The van der Waals surface area contributed by atoms with Gasteiger partial charge in [-0.05, 0) is 19.1 Å². The van der Waals surface area contributed by atoms with Crippen molar-refractivity contribution in [1.82, 2.24) is 14.8 Å². The second-order valence-electron chi connectivity index (χ2n) is 4.61. The van der Waals surface area contributed by atoms with Gasteiger partial charge in [0.25, 0.3) is 5.91 Å². The zero-order valence-corrected chi connectivity index (χ0v) is 12.7. The van der Waals surface area contributed by atoms with E-state index >= 15 is 0 Å². The van der Waals surface area contributed by atoms with Gasteiger partial charge in [-0.15, -0.1) is 0 Å². The zero-order valence-electron chi connectivity index (χ0n) is 11.9. The van der Waals surface area contributed by atoms with E-state index < -0.39 is 0 Å². The van der Waals surface area contributed by atoms with Crippen LogP contribution in [0.2, 0.25) is 0 Å². The van der Waals surface area contributed by atoms with Crippen molar-refractivity contribution in [3.8, 4) is 5.75 Å². The van der Waals surface area contributed by atoms with Crippen LogP contribution >= 0.6 is 11.3 Å². The predicted octanol–water partition coefficient (Wildman–Crippen LogP) is 2.60. The summed E-state index contributed by atoms with van der Waals surface area (Å²) in [5.74, 6) is 0.435. The number of benzene rings is 1. The van der Waals surface area contributed by atoms with Crippen LogP contribution in [0.5, 0.6) is 5.75 Å². The number of aromatic nitrogens is 3. The molecule has 0 bridgehead atoms. The molecule has 21 heavy (non-hydrogen) atoms. The highest BCUT2D eigenvalue weighted by Crippen LogP contribution is 2.32. The van der Waals surface area contributed by atoms with Gasteiger partial charge in [0.1, 0.15) is 11.3 Å². The summed E-state index contributed by atoms with van der Waals surface area (Å²) in [6.45, 7) is 1.85. The van der Waals surface area contributed by atoms with Crippen molar-refractivity contribution in [2.45, 2.75) is 6.92 Å². The molecule has 0 atom stereocenters. The third-order valence-electron chi connectivity index (χ3n) is 3.05. The van der Waals surface area contributed by atoms with E-state index in [1.54, 1.807) is 25.0 Å². The first kappa shape index (κ1) is 13.6. The van der Waals surface area contributed by atoms with E-state index in [0.29, 0.717) is 16.6 Å². The number of carbonyl (C=O) groups excluding carboxylic acids is 1. The number of aryl methyl sites for hydroxylation is 2. The number of anilines is 1. The van der Waals surface area contributed by atoms with Crippen molar-refractivity contribution in [3.63, 3.8) is 0 Å². The molecule has 0 aliphatic rings. The Morgan fingerprint density at radius 3 is 2.90 bits per heavy atom. The van der Waals surface area contributed by atoms with Crippen LogP contribution < -0.4 is 10.1 Å². The SMILES string of the molecule is COc1cccc2sc(NC(=O)c3nn(C)cc3C)nc12. The van der Waals surface area contributed by atoms with Gasteiger partial charge >= 0.3 is 0 Å². The summed E-state index contributed by atoms with van der Waals surface area (Å²) in [6, 6.07) is 5.68. The van der Waals surface area contributed by atoms with Gasteiger partial charge in [0.2, 0.25) is 0 Å². The first-order valence-corrected chi connectivity index (χ1v) is 7.15. The van der Waals surface area contributed by atoms with Gasteiger partial charge in [0, 0.05) is 18.8 Å². The Balaban J connectivity index is 1.91. The van der Waals surface area contributed by atoms with E-state index in [9.17, 15) is 4.79 Å². The molecule has 3 aromatic rings. The van der Waals surface area contributed by atoms with Crippen molar-refractivity contribution in [2.24, 2.45) is 7.05 Å². The minimum atomic E-state index is -0.258. The highest BCUT2D eigenvalue weighted by molar-refractivity contribution is 7.22. The van der Waals surface area contributed by atoms with E-state index in [1.807, 2.05) is 25.1 Å².